The highest BCUT2D eigenvalue weighted by molar-refractivity contribution is 14.0. The molecule has 2 rings (SSSR count). The minimum Gasteiger partial charge on any atom is -0.384 e. The Labute approximate surface area is 175 Å². The van der Waals surface area contributed by atoms with Crippen molar-refractivity contribution >= 4 is 29.9 Å². The van der Waals surface area contributed by atoms with E-state index in [4.69, 9.17) is 4.74 Å². The summed E-state index contributed by atoms with van der Waals surface area (Å²) in [6, 6.07) is 9.66. The largest absolute Gasteiger partial charge is 0.384 e. The number of rotatable bonds is 9. The molecule has 1 aliphatic rings. The van der Waals surface area contributed by atoms with E-state index in [0.29, 0.717) is 12.6 Å². The van der Waals surface area contributed by atoms with Gasteiger partial charge in [-0.1, -0.05) is 43.2 Å². The standard InChI is InChI=1S/C20H33N3O2.HI/c1-3-21-19(22-14-9-15-25-18-12-7-8-13-18)23-16-20(2,24)17-10-5-4-6-11-17;/h4-6,10-11,18,24H,3,7-9,12-16H2,1-2H3,(H2,21,22,23);1H. The van der Waals surface area contributed by atoms with Crippen molar-refractivity contribution in [3.63, 3.8) is 0 Å². The maximum Gasteiger partial charge on any atom is 0.191 e. The second-order valence-corrected chi connectivity index (χ2v) is 6.89. The highest BCUT2D eigenvalue weighted by Crippen LogP contribution is 2.21. The fourth-order valence-electron chi connectivity index (χ4n) is 3.05. The Morgan fingerprint density at radius 1 is 1.23 bits per heavy atom. The number of nitrogens with zero attached hydrogens (tertiary/aromatic N) is 1. The number of halogens is 1. The van der Waals surface area contributed by atoms with Crippen molar-refractivity contribution in [1.82, 2.24) is 10.6 Å². The van der Waals surface area contributed by atoms with E-state index in [0.717, 1.165) is 37.6 Å². The Morgan fingerprint density at radius 2 is 1.92 bits per heavy atom. The highest BCUT2D eigenvalue weighted by atomic mass is 127. The van der Waals surface area contributed by atoms with Gasteiger partial charge in [0.2, 0.25) is 0 Å². The summed E-state index contributed by atoms with van der Waals surface area (Å²) in [7, 11) is 0. The Balaban J connectivity index is 0.00000338. The van der Waals surface area contributed by atoms with Crippen LogP contribution < -0.4 is 10.6 Å². The van der Waals surface area contributed by atoms with Crippen molar-refractivity contribution in [1.29, 1.82) is 0 Å². The summed E-state index contributed by atoms with van der Waals surface area (Å²) in [5.41, 5.74) is -0.102. The van der Waals surface area contributed by atoms with Gasteiger partial charge in [-0.05, 0) is 38.7 Å². The molecule has 0 aliphatic heterocycles. The molecule has 0 amide bonds. The quantitative estimate of drug-likeness (QED) is 0.222. The van der Waals surface area contributed by atoms with E-state index < -0.39 is 5.60 Å². The van der Waals surface area contributed by atoms with Crippen LogP contribution in [0.3, 0.4) is 0 Å². The number of hydrogen-bond donors (Lipinski definition) is 3. The Hall–Kier alpha value is -0.860. The number of guanidine groups is 1. The van der Waals surface area contributed by atoms with Gasteiger partial charge in [0.15, 0.2) is 5.96 Å². The summed E-state index contributed by atoms with van der Waals surface area (Å²) in [5.74, 6) is 0.736. The van der Waals surface area contributed by atoms with Crippen LogP contribution in [0.1, 0.15) is 51.5 Å². The zero-order valence-corrected chi connectivity index (χ0v) is 18.4. The molecule has 148 valence electrons. The summed E-state index contributed by atoms with van der Waals surface area (Å²) in [6.45, 7) is 6.54. The molecule has 0 aromatic heterocycles. The Morgan fingerprint density at radius 3 is 2.58 bits per heavy atom. The van der Waals surface area contributed by atoms with Gasteiger partial charge in [-0.2, -0.15) is 0 Å². The molecule has 1 aliphatic carbocycles. The maximum atomic E-state index is 10.7. The van der Waals surface area contributed by atoms with Crippen molar-refractivity contribution < 1.29 is 9.84 Å². The second kappa shape index (κ2) is 12.5. The van der Waals surface area contributed by atoms with Crippen molar-refractivity contribution in [2.45, 2.75) is 57.7 Å². The molecule has 5 nitrogen and oxygen atoms in total. The third kappa shape index (κ3) is 8.22. The minimum absolute atomic E-state index is 0. The third-order valence-electron chi connectivity index (χ3n) is 4.55. The first-order chi connectivity index (χ1) is 12.1. The van der Waals surface area contributed by atoms with Crippen LogP contribution in [0, 0.1) is 0 Å². The van der Waals surface area contributed by atoms with Gasteiger partial charge < -0.3 is 20.5 Å². The number of benzene rings is 1. The summed E-state index contributed by atoms with van der Waals surface area (Å²) < 4.78 is 5.88. The van der Waals surface area contributed by atoms with Crippen LogP contribution in [0.15, 0.2) is 35.3 Å². The van der Waals surface area contributed by atoms with Crippen LogP contribution in [-0.2, 0) is 10.3 Å². The van der Waals surface area contributed by atoms with E-state index in [2.05, 4.69) is 15.6 Å². The summed E-state index contributed by atoms with van der Waals surface area (Å²) >= 11 is 0. The molecule has 1 aromatic carbocycles. The monoisotopic (exact) mass is 475 g/mol. The maximum absolute atomic E-state index is 10.7. The van der Waals surface area contributed by atoms with Crippen molar-refractivity contribution in [2.24, 2.45) is 4.99 Å². The fourth-order valence-corrected chi connectivity index (χ4v) is 3.05. The molecule has 6 heteroatoms. The molecular formula is C20H34IN3O2. The first-order valence-electron chi connectivity index (χ1n) is 9.53. The number of hydrogen-bond acceptors (Lipinski definition) is 3. The number of ether oxygens (including phenoxy) is 1. The molecule has 1 fully saturated rings. The SMILES string of the molecule is CCNC(=NCC(C)(O)c1ccccc1)NCCCOC1CCCC1.I. The van der Waals surface area contributed by atoms with Gasteiger partial charge in [-0.3, -0.25) is 0 Å². The van der Waals surface area contributed by atoms with E-state index in [1.54, 1.807) is 6.92 Å². The second-order valence-electron chi connectivity index (χ2n) is 6.89. The van der Waals surface area contributed by atoms with Gasteiger partial charge in [0.05, 0.1) is 12.6 Å². The van der Waals surface area contributed by atoms with Crippen LogP contribution in [0.25, 0.3) is 0 Å². The predicted octanol–water partition coefficient (Wildman–Crippen LogP) is 3.42. The van der Waals surface area contributed by atoms with Crippen molar-refractivity contribution in [3.8, 4) is 0 Å². The van der Waals surface area contributed by atoms with Gasteiger partial charge in [0.25, 0.3) is 0 Å². The average molecular weight is 475 g/mol. The first-order valence-corrected chi connectivity index (χ1v) is 9.53. The smallest absolute Gasteiger partial charge is 0.191 e. The van der Waals surface area contributed by atoms with E-state index in [1.807, 2.05) is 37.3 Å². The molecule has 3 N–H and O–H groups in total. The third-order valence-corrected chi connectivity index (χ3v) is 4.55. The van der Waals surface area contributed by atoms with Crippen molar-refractivity contribution in [3.05, 3.63) is 35.9 Å². The van der Waals surface area contributed by atoms with Crippen LogP contribution in [0.5, 0.6) is 0 Å². The van der Waals surface area contributed by atoms with E-state index in [-0.39, 0.29) is 24.0 Å². The van der Waals surface area contributed by atoms with E-state index in [1.165, 1.54) is 25.7 Å². The van der Waals surface area contributed by atoms with E-state index in [9.17, 15) is 5.11 Å². The first kappa shape index (κ1) is 23.2. The highest BCUT2D eigenvalue weighted by Gasteiger charge is 2.22. The molecule has 1 unspecified atom stereocenters. The topological polar surface area (TPSA) is 65.9 Å². The lowest BCUT2D eigenvalue weighted by atomic mass is 9.96. The zero-order valence-electron chi connectivity index (χ0n) is 16.0. The normalized spacial score (nSPS) is 17.4. The van der Waals surface area contributed by atoms with Gasteiger partial charge in [0.1, 0.15) is 5.60 Å². The number of aliphatic hydroxyl groups is 1. The van der Waals surface area contributed by atoms with Crippen molar-refractivity contribution in [2.75, 3.05) is 26.2 Å². The van der Waals surface area contributed by atoms with Crippen LogP contribution in [-0.4, -0.2) is 43.4 Å². The molecule has 1 atom stereocenters. The molecular weight excluding hydrogens is 441 g/mol. The molecule has 0 saturated heterocycles. The number of aliphatic imine (C=N–C) groups is 1. The lowest BCUT2D eigenvalue weighted by molar-refractivity contribution is 0.0573. The van der Waals surface area contributed by atoms with Crippen LogP contribution in [0.4, 0.5) is 0 Å². The molecule has 1 saturated carbocycles. The van der Waals surface area contributed by atoms with Gasteiger partial charge in [-0.15, -0.1) is 24.0 Å². The van der Waals surface area contributed by atoms with Gasteiger partial charge in [-0.25, -0.2) is 4.99 Å². The van der Waals surface area contributed by atoms with Crippen LogP contribution in [0.2, 0.25) is 0 Å². The zero-order chi connectivity index (χ0) is 18.0. The molecule has 0 spiro atoms. The summed E-state index contributed by atoms with van der Waals surface area (Å²) in [6.07, 6.45) is 6.47. The molecule has 26 heavy (non-hydrogen) atoms. The minimum atomic E-state index is -0.977. The summed E-state index contributed by atoms with van der Waals surface area (Å²) in [4.78, 5) is 4.54. The Bertz CT molecular complexity index is 517. The van der Waals surface area contributed by atoms with Gasteiger partial charge in [0, 0.05) is 19.7 Å². The lowest BCUT2D eigenvalue weighted by Crippen LogP contribution is -2.39. The molecule has 0 radical (unpaired) electrons. The van der Waals surface area contributed by atoms with E-state index >= 15 is 0 Å². The molecule has 1 aromatic rings. The molecule has 0 heterocycles. The Kier molecular flexibility index (Phi) is 11.2. The average Bonchev–Trinajstić information content (AvgIpc) is 3.13. The fraction of sp³-hybridized carbons (Fsp3) is 0.650. The van der Waals surface area contributed by atoms with Gasteiger partial charge >= 0.3 is 0 Å². The predicted molar refractivity (Wildman–Crippen MR) is 118 cm³/mol. The molecule has 0 bridgehead atoms. The van der Waals surface area contributed by atoms with Crippen LogP contribution >= 0.6 is 24.0 Å². The summed E-state index contributed by atoms with van der Waals surface area (Å²) in [5, 5.41) is 17.2. The number of nitrogens with one attached hydrogen (secondary N) is 2. The lowest BCUT2D eigenvalue weighted by Gasteiger charge is -2.22.